The maximum Gasteiger partial charge on any atom is 0.367 e. The zero-order valence-electron chi connectivity index (χ0n) is 38.0. The number of nitrogens with one attached hydrogen (secondary N) is 2. The maximum atomic E-state index is 12.5. The first-order valence-corrected chi connectivity index (χ1v) is 22.2. The molecule has 406 valence electrons. The molecule has 5 aliphatic rings. The van der Waals surface area contributed by atoms with Crippen molar-refractivity contribution >= 4 is 17.8 Å². The Morgan fingerprint density at radius 1 is 0.586 bits per heavy atom. The molecule has 2 amide bonds. The number of rotatable bonds is 19. The average molecular weight is 1030 g/mol. The van der Waals surface area contributed by atoms with E-state index >= 15 is 0 Å². The monoisotopic (exact) mass is 1030 g/mol. The van der Waals surface area contributed by atoms with E-state index in [1.165, 1.54) is 6.92 Å². The van der Waals surface area contributed by atoms with Crippen LogP contribution in [-0.4, -0.2) is 298 Å². The standard InChI is InChI=1S/C39H66N2O29/c1-5-61-35-26(56)32(22(52)15(8-44)64-35)69-34-18(41-12(4)47)29(20(50)14(7-43)63-34)68-36-25(55)24(54)28(10(2)62-36)67-37-27(57)31(21(51)16(9-45)65-37)66-33-23(53)17(40-11(3)46)30(19(49)13(48)6-42)70-39(33,60)38(58)59/h10,13-37,42-45,48-57,60H,5-9H2,1-4H3,(H,40,46)(H,41,47)(H,58,59)/t10-,13-,14-,15-,16-,17-,18-,19-,20-,21+,22+,23-,24-,25-,26-,27-,28+,29-,30-,31+,32+,33?,34+,35-,36-,37-,39+/m1/s1. The lowest BCUT2D eigenvalue weighted by molar-refractivity contribution is -0.387. The predicted molar refractivity (Wildman–Crippen MR) is 216 cm³/mol. The third kappa shape index (κ3) is 12.2. The van der Waals surface area contributed by atoms with E-state index in [2.05, 4.69) is 10.6 Å². The zero-order valence-corrected chi connectivity index (χ0v) is 38.0. The molecule has 5 heterocycles. The highest BCUT2D eigenvalue weighted by molar-refractivity contribution is 5.77. The molecular formula is C39H66N2O29. The molecule has 0 saturated carbocycles. The van der Waals surface area contributed by atoms with Gasteiger partial charge in [0.2, 0.25) is 11.8 Å². The van der Waals surface area contributed by atoms with Crippen molar-refractivity contribution in [2.75, 3.05) is 33.0 Å². The Kier molecular flexibility index (Phi) is 20.5. The second-order valence-corrected chi connectivity index (χ2v) is 17.4. The lowest BCUT2D eigenvalue weighted by Crippen LogP contribution is -2.75. The van der Waals surface area contributed by atoms with Crippen LogP contribution in [0, 0.1) is 0 Å². The third-order valence-electron chi connectivity index (χ3n) is 12.5. The fourth-order valence-electron chi connectivity index (χ4n) is 8.83. The summed E-state index contributed by atoms with van der Waals surface area (Å²) < 4.78 is 56.5. The van der Waals surface area contributed by atoms with Gasteiger partial charge < -0.3 is 140 Å². The van der Waals surface area contributed by atoms with Gasteiger partial charge in [0.25, 0.3) is 5.79 Å². The number of aliphatic carboxylic acids is 1. The topological polar surface area (TPSA) is 491 Å². The van der Waals surface area contributed by atoms with Crippen LogP contribution in [0.3, 0.4) is 0 Å². The molecule has 0 aliphatic carbocycles. The molecule has 0 bridgehead atoms. The normalized spacial score (nSPS) is 46.7. The highest BCUT2D eigenvalue weighted by Crippen LogP contribution is 2.38. The van der Waals surface area contributed by atoms with Gasteiger partial charge in [0.1, 0.15) is 116 Å². The summed E-state index contributed by atoms with van der Waals surface area (Å²) in [5, 5.41) is 177. The van der Waals surface area contributed by atoms with E-state index in [0.29, 0.717) is 0 Å². The SMILES string of the molecule is CCO[C@@H]1O[C@H](CO)[C@H](O)[C@H](O[C@@H]2O[C@H](CO)[C@@H](O)[C@H](O[C@H]3O[C@H](C)[C@H](O[C@H]4O[C@H](CO)[C@H](O)[C@H](OC5[C@H](O)[C@@H](NC(C)=O)[C@H]([C@H](O)[C@H](O)CO)O[C@]5(O)C(=O)O)[C@H]4O)[C@H](O)[C@H]3O)[C@H]2NC(C)=O)[C@H]1O. The molecule has 27 atom stereocenters. The minimum Gasteiger partial charge on any atom is -0.477 e. The summed E-state index contributed by atoms with van der Waals surface area (Å²) >= 11 is 0. The smallest absolute Gasteiger partial charge is 0.367 e. The van der Waals surface area contributed by atoms with Crippen LogP contribution >= 0.6 is 0 Å². The summed E-state index contributed by atoms with van der Waals surface area (Å²) in [6.45, 7) is 0.902. The lowest BCUT2D eigenvalue weighted by atomic mass is 9.86. The van der Waals surface area contributed by atoms with Gasteiger partial charge in [-0.05, 0) is 13.8 Å². The van der Waals surface area contributed by atoms with Gasteiger partial charge in [-0.3, -0.25) is 9.59 Å². The van der Waals surface area contributed by atoms with E-state index in [-0.39, 0.29) is 6.61 Å². The summed E-state index contributed by atoms with van der Waals surface area (Å²) in [5.74, 6) is -7.72. The van der Waals surface area contributed by atoms with Gasteiger partial charge in [-0.1, -0.05) is 0 Å². The molecule has 5 aliphatic heterocycles. The quantitative estimate of drug-likeness (QED) is 0.0571. The van der Waals surface area contributed by atoms with Gasteiger partial charge in [-0.25, -0.2) is 4.79 Å². The summed E-state index contributed by atoms with van der Waals surface area (Å²) in [7, 11) is 0. The number of carbonyl (C=O) groups is 3. The van der Waals surface area contributed by atoms with Gasteiger partial charge in [-0.2, -0.15) is 0 Å². The number of carbonyl (C=O) groups excluding carboxylic acids is 2. The van der Waals surface area contributed by atoms with Crippen LogP contribution in [0.5, 0.6) is 0 Å². The Hall–Kier alpha value is -2.59. The van der Waals surface area contributed by atoms with Crippen molar-refractivity contribution in [1.82, 2.24) is 10.6 Å². The molecule has 70 heavy (non-hydrogen) atoms. The molecule has 0 aromatic rings. The molecule has 0 radical (unpaired) electrons. The van der Waals surface area contributed by atoms with E-state index < -0.39 is 209 Å². The van der Waals surface area contributed by atoms with Crippen LogP contribution in [0.4, 0.5) is 0 Å². The molecule has 18 N–H and O–H groups in total. The minimum absolute atomic E-state index is 0.0133. The van der Waals surface area contributed by atoms with Gasteiger partial charge in [0.15, 0.2) is 31.3 Å². The van der Waals surface area contributed by atoms with Crippen LogP contribution < -0.4 is 10.6 Å². The van der Waals surface area contributed by atoms with E-state index in [9.17, 15) is 96.1 Å². The molecule has 5 saturated heterocycles. The molecule has 1 unspecified atom stereocenters. The second-order valence-electron chi connectivity index (χ2n) is 17.4. The van der Waals surface area contributed by atoms with E-state index in [1.54, 1.807) is 6.92 Å². The van der Waals surface area contributed by atoms with Gasteiger partial charge >= 0.3 is 5.97 Å². The molecule has 5 rings (SSSR count). The van der Waals surface area contributed by atoms with Crippen molar-refractivity contribution in [3.8, 4) is 0 Å². The third-order valence-corrected chi connectivity index (χ3v) is 12.5. The van der Waals surface area contributed by atoms with Crippen LogP contribution in [0.15, 0.2) is 0 Å². The van der Waals surface area contributed by atoms with E-state index in [1.807, 2.05) is 0 Å². The van der Waals surface area contributed by atoms with Crippen molar-refractivity contribution < 1.29 is 143 Å². The molecule has 0 aromatic carbocycles. The Morgan fingerprint density at radius 2 is 1.04 bits per heavy atom. The second kappa shape index (κ2) is 24.6. The highest BCUT2D eigenvalue weighted by Gasteiger charge is 2.64. The number of hydrogen-bond acceptors (Lipinski definition) is 28. The first-order chi connectivity index (χ1) is 32.9. The molecule has 5 fully saturated rings. The predicted octanol–water partition coefficient (Wildman–Crippen LogP) is -11.4. The lowest BCUT2D eigenvalue weighted by Gasteiger charge is -2.51. The number of carboxylic acids is 1. The van der Waals surface area contributed by atoms with Gasteiger partial charge in [0, 0.05) is 20.5 Å². The average Bonchev–Trinajstić information content (AvgIpc) is 3.31. The number of hydrogen-bond donors (Lipinski definition) is 18. The number of aliphatic hydroxyl groups is 15. The zero-order chi connectivity index (χ0) is 52.3. The minimum atomic E-state index is -3.72. The fourth-order valence-corrected chi connectivity index (χ4v) is 8.83. The van der Waals surface area contributed by atoms with Crippen molar-refractivity contribution in [3.05, 3.63) is 0 Å². The number of amides is 2. The van der Waals surface area contributed by atoms with Crippen molar-refractivity contribution in [3.63, 3.8) is 0 Å². The summed E-state index contributed by atoms with van der Waals surface area (Å²) in [6, 6.07) is -3.55. The highest BCUT2D eigenvalue weighted by atomic mass is 16.8. The fraction of sp³-hybridized carbons (Fsp3) is 0.923. The molecular weight excluding hydrogens is 960 g/mol. The largest absolute Gasteiger partial charge is 0.477 e. The van der Waals surface area contributed by atoms with Gasteiger partial charge in [0.05, 0.1) is 38.6 Å². The summed E-state index contributed by atoms with van der Waals surface area (Å²) in [4.78, 5) is 37.2. The maximum absolute atomic E-state index is 12.5. The molecule has 0 aromatic heterocycles. The van der Waals surface area contributed by atoms with Crippen LogP contribution in [0.1, 0.15) is 27.7 Å². The van der Waals surface area contributed by atoms with Crippen LogP contribution in [0.25, 0.3) is 0 Å². The Balaban J connectivity index is 1.37. The number of aliphatic hydroxyl groups excluding tert-OH is 14. The number of ether oxygens (including phenoxy) is 10. The summed E-state index contributed by atoms with van der Waals surface area (Å²) in [5.41, 5.74) is 0. The van der Waals surface area contributed by atoms with E-state index in [0.717, 1.165) is 13.8 Å². The Morgan fingerprint density at radius 3 is 1.56 bits per heavy atom. The van der Waals surface area contributed by atoms with Crippen molar-refractivity contribution in [1.29, 1.82) is 0 Å². The first kappa shape index (κ1) is 58.3. The van der Waals surface area contributed by atoms with Crippen molar-refractivity contribution in [2.45, 2.75) is 193 Å². The van der Waals surface area contributed by atoms with E-state index in [4.69, 9.17) is 47.4 Å². The van der Waals surface area contributed by atoms with Crippen LogP contribution in [0.2, 0.25) is 0 Å². The van der Waals surface area contributed by atoms with Crippen molar-refractivity contribution in [2.24, 2.45) is 0 Å². The molecule has 31 heteroatoms. The first-order valence-electron chi connectivity index (χ1n) is 22.2. The van der Waals surface area contributed by atoms with Crippen LogP contribution in [-0.2, 0) is 61.8 Å². The summed E-state index contributed by atoms with van der Waals surface area (Å²) in [6.07, 6.45) is -46.6. The van der Waals surface area contributed by atoms with Gasteiger partial charge in [-0.15, -0.1) is 0 Å². The molecule has 31 nitrogen and oxygen atoms in total. The Labute approximate surface area is 397 Å². The number of carboxylic acid groups (broad SMARTS) is 1. The Bertz CT molecular complexity index is 1710. The molecule has 0 spiro atoms.